The number of rotatable bonds is 4. The maximum Gasteiger partial charge on any atom is 0.408 e. The lowest BCUT2D eigenvalue weighted by atomic mass is 10.0. The molecule has 1 amide bonds. The van der Waals surface area contributed by atoms with Gasteiger partial charge in [-0.3, -0.25) is 0 Å². The SMILES string of the molecule is Cc1cccc(CC(NC(=O)OC(C)(C)C)C(N)=S)c1. The summed E-state index contributed by atoms with van der Waals surface area (Å²) in [6.45, 7) is 7.44. The van der Waals surface area contributed by atoms with Crippen LogP contribution in [0.1, 0.15) is 31.9 Å². The summed E-state index contributed by atoms with van der Waals surface area (Å²) in [7, 11) is 0. The van der Waals surface area contributed by atoms with Gasteiger partial charge in [0.05, 0.1) is 11.0 Å². The molecule has 3 N–H and O–H groups in total. The highest BCUT2D eigenvalue weighted by molar-refractivity contribution is 7.80. The van der Waals surface area contributed by atoms with Crippen LogP contribution in [0, 0.1) is 6.92 Å². The summed E-state index contributed by atoms with van der Waals surface area (Å²) in [5.41, 5.74) is 7.37. The van der Waals surface area contributed by atoms with E-state index in [1.807, 2.05) is 52.0 Å². The Bertz CT molecular complexity index is 495. The maximum absolute atomic E-state index is 11.8. The third-order valence-electron chi connectivity index (χ3n) is 2.56. The number of hydrogen-bond acceptors (Lipinski definition) is 3. The average molecular weight is 294 g/mol. The lowest BCUT2D eigenvalue weighted by molar-refractivity contribution is 0.0518. The Morgan fingerprint density at radius 3 is 2.60 bits per heavy atom. The van der Waals surface area contributed by atoms with Gasteiger partial charge in [0.2, 0.25) is 0 Å². The monoisotopic (exact) mass is 294 g/mol. The molecule has 4 nitrogen and oxygen atoms in total. The molecule has 0 bridgehead atoms. The molecule has 0 fully saturated rings. The fourth-order valence-corrected chi connectivity index (χ4v) is 1.89. The van der Waals surface area contributed by atoms with Gasteiger partial charge in [-0.05, 0) is 39.7 Å². The lowest BCUT2D eigenvalue weighted by Gasteiger charge is -2.23. The van der Waals surface area contributed by atoms with Crippen LogP contribution < -0.4 is 11.1 Å². The molecule has 1 aromatic carbocycles. The third kappa shape index (κ3) is 6.02. The van der Waals surface area contributed by atoms with Crippen LogP contribution in [0.15, 0.2) is 24.3 Å². The number of carbonyl (C=O) groups excluding carboxylic acids is 1. The highest BCUT2D eigenvalue weighted by Crippen LogP contribution is 2.10. The molecule has 1 rings (SSSR count). The number of nitrogens with one attached hydrogen (secondary N) is 1. The first-order valence-corrected chi connectivity index (χ1v) is 6.92. The van der Waals surface area contributed by atoms with Gasteiger partial charge in [-0.1, -0.05) is 42.0 Å². The van der Waals surface area contributed by atoms with Gasteiger partial charge in [-0.2, -0.15) is 0 Å². The van der Waals surface area contributed by atoms with E-state index in [-0.39, 0.29) is 4.99 Å². The Kier molecular flexibility index (Phi) is 5.51. The molecule has 0 saturated heterocycles. The van der Waals surface area contributed by atoms with Crippen LogP contribution in [0.5, 0.6) is 0 Å². The molecule has 1 unspecified atom stereocenters. The Balaban J connectivity index is 2.71. The highest BCUT2D eigenvalue weighted by Gasteiger charge is 2.21. The van der Waals surface area contributed by atoms with Gasteiger partial charge in [-0.15, -0.1) is 0 Å². The number of carbonyl (C=O) groups is 1. The van der Waals surface area contributed by atoms with Crippen LogP contribution in [-0.2, 0) is 11.2 Å². The van der Waals surface area contributed by atoms with E-state index in [2.05, 4.69) is 5.32 Å². The van der Waals surface area contributed by atoms with Crippen molar-refractivity contribution in [3.63, 3.8) is 0 Å². The minimum absolute atomic E-state index is 0.248. The van der Waals surface area contributed by atoms with E-state index in [1.165, 1.54) is 0 Å². The van der Waals surface area contributed by atoms with E-state index in [0.29, 0.717) is 6.42 Å². The van der Waals surface area contributed by atoms with Gasteiger partial charge in [0.25, 0.3) is 0 Å². The molecular weight excluding hydrogens is 272 g/mol. The predicted octanol–water partition coefficient (Wildman–Crippen LogP) is 2.72. The second-order valence-electron chi connectivity index (χ2n) is 5.79. The minimum atomic E-state index is -0.547. The molecule has 0 saturated carbocycles. The van der Waals surface area contributed by atoms with Crippen molar-refractivity contribution in [3.8, 4) is 0 Å². The molecular formula is C15H22N2O2S. The van der Waals surface area contributed by atoms with E-state index < -0.39 is 17.7 Å². The number of amides is 1. The van der Waals surface area contributed by atoms with Gasteiger partial charge in [0.1, 0.15) is 5.60 Å². The first-order valence-electron chi connectivity index (χ1n) is 6.52. The largest absolute Gasteiger partial charge is 0.444 e. The third-order valence-corrected chi connectivity index (χ3v) is 2.84. The zero-order valence-electron chi connectivity index (χ0n) is 12.4. The van der Waals surface area contributed by atoms with Gasteiger partial charge < -0.3 is 15.8 Å². The van der Waals surface area contributed by atoms with E-state index in [9.17, 15) is 4.79 Å². The summed E-state index contributed by atoms with van der Waals surface area (Å²) >= 11 is 5.02. The summed E-state index contributed by atoms with van der Waals surface area (Å²) in [5.74, 6) is 0. The van der Waals surface area contributed by atoms with Crippen LogP contribution in [0.3, 0.4) is 0 Å². The second-order valence-corrected chi connectivity index (χ2v) is 6.27. The van der Waals surface area contributed by atoms with E-state index in [0.717, 1.165) is 11.1 Å². The summed E-state index contributed by atoms with van der Waals surface area (Å²) in [5, 5.41) is 2.71. The quantitative estimate of drug-likeness (QED) is 0.838. The molecule has 0 aliphatic rings. The number of nitrogens with two attached hydrogens (primary N) is 1. The summed E-state index contributed by atoms with van der Waals surface area (Å²) in [6.07, 6.45) is 0.0407. The molecule has 0 radical (unpaired) electrons. The molecule has 0 aromatic heterocycles. The molecule has 1 atom stereocenters. The van der Waals surface area contributed by atoms with Crippen molar-refractivity contribution in [1.82, 2.24) is 5.32 Å². The van der Waals surface area contributed by atoms with Gasteiger partial charge in [-0.25, -0.2) is 4.79 Å². The summed E-state index contributed by atoms with van der Waals surface area (Å²) in [6, 6.07) is 7.59. The van der Waals surface area contributed by atoms with Gasteiger partial charge in [0.15, 0.2) is 0 Å². The number of aryl methyl sites for hydroxylation is 1. The second kappa shape index (κ2) is 6.70. The fraction of sp³-hybridized carbons (Fsp3) is 0.467. The molecule has 20 heavy (non-hydrogen) atoms. The summed E-state index contributed by atoms with van der Waals surface area (Å²) < 4.78 is 5.21. The summed E-state index contributed by atoms with van der Waals surface area (Å²) in [4.78, 5) is 12.0. The molecule has 5 heteroatoms. The van der Waals surface area contributed by atoms with Crippen molar-refractivity contribution < 1.29 is 9.53 Å². The predicted molar refractivity (Wildman–Crippen MR) is 84.8 cm³/mol. The van der Waals surface area contributed by atoms with Crippen molar-refractivity contribution in [2.24, 2.45) is 5.73 Å². The van der Waals surface area contributed by atoms with Crippen molar-refractivity contribution in [3.05, 3.63) is 35.4 Å². The smallest absolute Gasteiger partial charge is 0.408 e. The number of benzene rings is 1. The van der Waals surface area contributed by atoms with Crippen LogP contribution in [0.25, 0.3) is 0 Å². The van der Waals surface area contributed by atoms with Crippen molar-refractivity contribution in [1.29, 1.82) is 0 Å². The van der Waals surface area contributed by atoms with E-state index >= 15 is 0 Å². The average Bonchev–Trinajstić information content (AvgIpc) is 2.25. The van der Waals surface area contributed by atoms with Gasteiger partial charge in [0, 0.05) is 0 Å². The highest BCUT2D eigenvalue weighted by atomic mass is 32.1. The van der Waals surface area contributed by atoms with Crippen LogP contribution >= 0.6 is 12.2 Å². The zero-order chi connectivity index (χ0) is 15.3. The topological polar surface area (TPSA) is 64.3 Å². The molecule has 110 valence electrons. The number of hydrogen-bond donors (Lipinski definition) is 2. The maximum atomic E-state index is 11.8. The van der Waals surface area contributed by atoms with Crippen LogP contribution in [-0.4, -0.2) is 22.7 Å². The Labute approximate surface area is 125 Å². The Hall–Kier alpha value is -1.62. The fourth-order valence-electron chi connectivity index (χ4n) is 1.75. The standard InChI is InChI=1S/C15H22N2O2S/c1-10-6-5-7-11(8-10)9-12(13(16)20)17-14(18)19-15(2,3)4/h5-8,12H,9H2,1-4H3,(H2,16,20)(H,17,18). The first kappa shape index (κ1) is 16.4. The van der Waals surface area contributed by atoms with Crippen LogP contribution in [0.2, 0.25) is 0 Å². The molecule has 0 heterocycles. The zero-order valence-corrected chi connectivity index (χ0v) is 13.2. The first-order chi connectivity index (χ1) is 9.17. The van der Waals surface area contributed by atoms with E-state index in [1.54, 1.807) is 0 Å². The molecule has 0 aliphatic carbocycles. The number of thiocarbonyl (C=S) groups is 1. The molecule has 1 aromatic rings. The Morgan fingerprint density at radius 2 is 2.10 bits per heavy atom. The molecule has 0 spiro atoms. The number of ether oxygens (including phenoxy) is 1. The van der Waals surface area contributed by atoms with Gasteiger partial charge >= 0.3 is 6.09 Å². The van der Waals surface area contributed by atoms with Crippen LogP contribution in [0.4, 0.5) is 4.79 Å². The molecule has 0 aliphatic heterocycles. The normalized spacial score (nSPS) is 12.6. The van der Waals surface area contributed by atoms with Crippen molar-refractivity contribution in [2.45, 2.75) is 45.8 Å². The van der Waals surface area contributed by atoms with E-state index in [4.69, 9.17) is 22.7 Å². The lowest BCUT2D eigenvalue weighted by Crippen LogP contribution is -2.46. The Morgan fingerprint density at radius 1 is 1.45 bits per heavy atom. The number of alkyl carbamates (subject to hydrolysis) is 1. The minimum Gasteiger partial charge on any atom is -0.444 e. The van der Waals surface area contributed by atoms with Crippen molar-refractivity contribution in [2.75, 3.05) is 0 Å². The van der Waals surface area contributed by atoms with Crippen molar-refractivity contribution >= 4 is 23.3 Å².